The summed E-state index contributed by atoms with van der Waals surface area (Å²) in [5, 5.41) is 5.82. The van der Waals surface area contributed by atoms with Crippen molar-refractivity contribution in [2.75, 3.05) is 24.2 Å². The summed E-state index contributed by atoms with van der Waals surface area (Å²) in [5.41, 5.74) is 5.89. The first-order chi connectivity index (χ1) is 10.1. The number of carbonyl (C=O) groups is 1. The van der Waals surface area contributed by atoms with Gasteiger partial charge in [0, 0.05) is 18.5 Å². The molecule has 0 aromatic carbocycles. The van der Waals surface area contributed by atoms with Crippen molar-refractivity contribution in [3.8, 4) is 0 Å². The Labute approximate surface area is 132 Å². The van der Waals surface area contributed by atoms with Crippen LogP contribution in [0, 0.1) is 0 Å². The monoisotopic (exact) mass is 324 g/mol. The van der Waals surface area contributed by atoms with E-state index >= 15 is 0 Å². The summed E-state index contributed by atoms with van der Waals surface area (Å²) in [5.74, 6) is 0.148. The number of nitrogen functional groups attached to an aromatic ring is 1. The molecule has 0 saturated carbocycles. The number of rotatable bonds is 6. The van der Waals surface area contributed by atoms with Crippen molar-refractivity contribution in [1.82, 2.24) is 10.3 Å². The Morgan fingerprint density at radius 3 is 2.86 bits per heavy atom. The van der Waals surface area contributed by atoms with Crippen LogP contribution in [-0.2, 0) is 0 Å². The normalized spacial score (nSPS) is 12.1. The van der Waals surface area contributed by atoms with Crippen LogP contribution in [0.2, 0.25) is 0 Å². The standard InChI is InChI=1S/C14H20N4OS2/c1-4-9(10-7-6-8-20-10)16-13(19)11-12(15)17-14(21-11)18(3)5-2/h6-9H,4-5,15H2,1-3H3,(H,16,19). The zero-order valence-electron chi connectivity index (χ0n) is 12.4. The fourth-order valence-corrected chi connectivity index (χ4v) is 3.64. The van der Waals surface area contributed by atoms with Crippen molar-refractivity contribution in [3.63, 3.8) is 0 Å². The highest BCUT2D eigenvalue weighted by atomic mass is 32.1. The summed E-state index contributed by atoms with van der Waals surface area (Å²) in [6, 6.07) is 4.04. The van der Waals surface area contributed by atoms with Crippen LogP contribution < -0.4 is 16.0 Å². The molecule has 0 aliphatic carbocycles. The second-order valence-electron chi connectivity index (χ2n) is 4.67. The van der Waals surface area contributed by atoms with Gasteiger partial charge >= 0.3 is 0 Å². The maximum absolute atomic E-state index is 12.4. The molecule has 0 fully saturated rings. The van der Waals surface area contributed by atoms with E-state index in [4.69, 9.17) is 5.73 Å². The summed E-state index contributed by atoms with van der Waals surface area (Å²) < 4.78 is 0. The molecular formula is C14H20N4OS2. The van der Waals surface area contributed by atoms with Crippen LogP contribution in [0.1, 0.15) is 40.9 Å². The molecular weight excluding hydrogens is 304 g/mol. The maximum Gasteiger partial charge on any atom is 0.265 e. The number of nitrogens with two attached hydrogens (primary N) is 1. The summed E-state index contributed by atoms with van der Waals surface area (Å²) >= 11 is 2.98. The van der Waals surface area contributed by atoms with Gasteiger partial charge in [0.05, 0.1) is 6.04 Å². The van der Waals surface area contributed by atoms with Gasteiger partial charge in [0.2, 0.25) is 0 Å². The third-order valence-electron chi connectivity index (χ3n) is 3.25. The lowest BCUT2D eigenvalue weighted by Gasteiger charge is -2.14. The molecule has 0 spiro atoms. The Morgan fingerprint density at radius 1 is 1.52 bits per heavy atom. The number of anilines is 2. The Hall–Kier alpha value is -1.60. The van der Waals surface area contributed by atoms with E-state index in [0.717, 1.165) is 23.0 Å². The van der Waals surface area contributed by atoms with E-state index in [0.29, 0.717) is 10.7 Å². The number of nitrogens with one attached hydrogen (secondary N) is 1. The minimum absolute atomic E-state index is 0.0198. The molecule has 1 unspecified atom stereocenters. The summed E-state index contributed by atoms with van der Waals surface area (Å²) in [7, 11) is 1.93. The number of aromatic nitrogens is 1. The number of nitrogens with zero attached hydrogens (tertiary/aromatic N) is 2. The van der Waals surface area contributed by atoms with Crippen LogP contribution in [-0.4, -0.2) is 24.5 Å². The van der Waals surface area contributed by atoms with Crippen molar-refractivity contribution in [1.29, 1.82) is 0 Å². The largest absolute Gasteiger partial charge is 0.382 e. The first-order valence-corrected chi connectivity index (χ1v) is 8.58. The summed E-state index contributed by atoms with van der Waals surface area (Å²) in [6.45, 7) is 4.90. The minimum atomic E-state index is -0.152. The second-order valence-corrected chi connectivity index (χ2v) is 6.63. The Bertz CT molecular complexity index is 594. The third-order valence-corrected chi connectivity index (χ3v) is 5.42. The van der Waals surface area contributed by atoms with E-state index in [1.54, 1.807) is 11.3 Å². The Kier molecular flexibility index (Phi) is 5.19. The fraction of sp³-hybridized carbons (Fsp3) is 0.429. The van der Waals surface area contributed by atoms with Crippen molar-refractivity contribution in [3.05, 3.63) is 27.3 Å². The van der Waals surface area contributed by atoms with Crippen LogP contribution in [0.25, 0.3) is 0 Å². The Balaban J connectivity index is 2.14. The van der Waals surface area contributed by atoms with Gasteiger partial charge in [-0.15, -0.1) is 11.3 Å². The highest BCUT2D eigenvalue weighted by Crippen LogP contribution is 2.29. The molecule has 2 rings (SSSR count). The third kappa shape index (κ3) is 3.54. The molecule has 2 aromatic rings. The molecule has 3 N–H and O–H groups in total. The predicted octanol–water partition coefficient (Wildman–Crippen LogP) is 3.12. The molecule has 1 amide bonds. The maximum atomic E-state index is 12.4. The zero-order valence-corrected chi connectivity index (χ0v) is 14.1. The topological polar surface area (TPSA) is 71.2 Å². The van der Waals surface area contributed by atoms with Gasteiger partial charge in [0.15, 0.2) is 5.13 Å². The van der Waals surface area contributed by atoms with Crippen LogP contribution in [0.3, 0.4) is 0 Å². The van der Waals surface area contributed by atoms with Crippen LogP contribution in [0.5, 0.6) is 0 Å². The van der Waals surface area contributed by atoms with Gasteiger partial charge in [-0.1, -0.05) is 24.3 Å². The Morgan fingerprint density at radius 2 is 2.29 bits per heavy atom. The molecule has 0 aliphatic rings. The molecule has 0 radical (unpaired) electrons. The van der Waals surface area contributed by atoms with Gasteiger partial charge in [-0.3, -0.25) is 4.79 Å². The van der Waals surface area contributed by atoms with Gasteiger partial charge in [-0.2, -0.15) is 0 Å². The van der Waals surface area contributed by atoms with E-state index < -0.39 is 0 Å². The van der Waals surface area contributed by atoms with Gasteiger partial charge in [0.25, 0.3) is 5.91 Å². The first-order valence-electron chi connectivity index (χ1n) is 6.88. The van der Waals surface area contributed by atoms with E-state index in [9.17, 15) is 4.79 Å². The van der Waals surface area contributed by atoms with Crippen LogP contribution >= 0.6 is 22.7 Å². The molecule has 21 heavy (non-hydrogen) atoms. The molecule has 114 valence electrons. The summed E-state index contributed by atoms with van der Waals surface area (Å²) in [6.07, 6.45) is 0.840. The number of hydrogen-bond donors (Lipinski definition) is 2. The van der Waals surface area contributed by atoms with E-state index in [2.05, 4.69) is 17.2 Å². The highest BCUT2D eigenvalue weighted by Gasteiger charge is 2.21. The molecule has 5 nitrogen and oxygen atoms in total. The summed E-state index contributed by atoms with van der Waals surface area (Å²) in [4.78, 5) is 20.3. The number of amides is 1. The van der Waals surface area contributed by atoms with Gasteiger partial charge in [-0.25, -0.2) is 4.98 Å². The predicted molar refractivity (Wildman–Crippen MR) is 90.3 cm³/mol. The lowest BCUT2D eigenvalue weighted by molar-refractivity contribution is 0.0941. The number of thiazole rings is 1. The van der Waals surface area contributed by atoms with Crippen molar-refractivity contribution in [2.45, 2.75) is 26.3 Å². The van der Waals surface area contributed by atoms with Crippen molar-refractivity contribution in [2.24, 2.45) is 0 Å². The van der Waals surface area contributed by atoms with Crippen molar-refractivity contribution >= 4 is 39.5 Å². The molecule has 2 aromatic heterocycles. The zero-order chi connectivity index (χ0) is 15.4. The second kappa shape index (κ2) is 6.91. The fourth-order valence-electron chi connectivity index (χ4n) is 1.87. The number of hydrogen-bond acceptors (Lipinski definition) is 6. The van der Waals surface area contributed by atoms with Crippen LogP contribution in [0.15, 0.2) is 17.5 Å². The minimum Gasteiger partial charge on any atom is -0.382 e. The molecule has 0 saturated heterocycles. The van der Waals surface area contributed by atoms with E-state index in [-0.39, 0.29) is 11.9 Å². The molecule has 7 heteroatoms. The van der Waals surface area contributed by atoms with Gasteiger partial charge in [0.1, 0.15) is 10.7 Å². The smallest absolute Gasteiger partial charge is 0.265 e. The highest BCUT2D eigenvalue weighted by molar-refractivity contribution is 7.18. The number of carbonyl (C=O) groups excluding carboxylic acids is 1. The van der Waals surface area contributed by atoms with Crippen LogP contribution in [0.4, 0.5) is 10.9 Å². The molecule has 2 heterocycles. The SMILES string of the molecule is CCC(NC(=O)c1sc(N(C)CC)nc1N)c1cccs1. The van der Waals surface area contributed by atoms with Gasteiger partial charge in [-0.05, 0) is 24.8 Å². The van der Waals surface area contributed by atoms with Gasteiger partial charge < -0.3 is 16.0 Å². The lowest BCUT2D eigenvalue weighted by atomic mass is 10.2. The molecule has 0 bridgehead atoms. The quantitative estimate of drug-likeness (QED) is 0.856. The number of thiophene rings is 1. The van der Waals surface area contributed by atoms with E-state index in [1.807, 2.05) is 36.4 Å². The molecule has 0 aliphatic heterocycles. The van der Waals surface area contributed by atoms with E-state index in [1.165, 1.54) is 11.3 Å². The first kappa shape index (κ1) is 15.8. The molecule has 1 atom stereocenters. The van der Waals surface area contributed by atoms with Crippen molar-refractivity contribution < 1.29 is 4.79 Å². The average Bonchev–Trinajstić information content (AvgIpc) is 3.13. The lowest BCUT2D eigenvalue weighted by Crippen LogP contribution is -2.27. The average molecular weight is 324 g/mol.